The lowest BCUT2D eigenvalue weighted by atomic mass is 10.2. The molecule has 0 atom stereocenters. The first-order valence-electron chi connectivity index (χ1n) is 8.08. The van der Waals surface area contributed by atoms with Crippen molar-refractivity contribution in [3.8, 4) is 0 Å². The molecule has 0 radical (unpaired) electrons. The number of carbonyl (C=O) groups excluding carboxylic acids is 1. The number of nitrogens with zero attached hydrogens (tertiary/aromatic N) is 5. The summed E-state index contributed by atoms with van der Waals surface area (Å²) in [6.07, 6.45) is 3.22. The van der Waals surface area contributed by atoms with Gasteiger partial charge in [-0.3, -0.25) is 4.79 Å². The minimum absolute atomic E-state index is 0.329. The maximum absolute atomic E-state index is 12.2. The fraction of sp³-hybridized carbons (Fsp3) is 0.688. The summed E-state index contributed by atoms with van der Waals surface area (Å²) in [5.74, 6) is 3.67. The average Bonchev–Trinajstić information content (AvgIpc) is 3.30. The van der Waals surface area contributed by atoms with E-state index in [4.69, 9.17) is 0 Å². The van der Waals surface area contributed by atoms with E-state index in [0.29, 0.717) is 11.8 Å². The summed E-state index contributed by atoms with van der Waals surface area (Å²) in [6.45, 7) is 5.21. The number of aromatic nitrogens is 2. The molecule has 6 heteroatoms. The molecule has 1 aliphatic carbocycles. The summed E-state index contributed by atoms with van der Waals surface area (Å²) in [4.78, 5) is 27.4. The molecule has 2 aliphatic rings. The van der Waals surface area contributed by atoms with Gasteiger partial charge < -0.3 is 14.7 Å². The zero-order valence-corrected chi connectivity index (χ0v) is 13.7. The van der Waals surface area contributed by atoms with E-state index in [9.17, 15) is 4.79 Å². The van der Waals surface area contributed by atoms with Crippen LogP contribution in [0.1, 0.15) is 25.1 Å². The van der Waals surface area contributed by atoms with Crippen LogP contribution in [-0.2, 0) is 4.79 Å². The Morgan fingerprint density at radius 2 is 1.91 bits per heavy atom. The van der Waals surface area contributed by atoms with Gasteiger partial charge in [-0.2, -0.15) is 0 Å². The molecule has 2 heterocycles. The molecule has 0 spiro atoms. The Morgan fingerprint density at radius 1 is 1.23 bits per heavy atom. The van der Waals surface area contributed by atoms with Crippen molar-refractivity contribution in [3.63, 3.8) is 0 Å². The molecule has 0 bridgehead atoms. The lowest BCUT2D eigenvalue weighted by Crippen LogP contribution is -2.49. The summed E-state index contributed by atoms with van der Waals surface area (Å²) in [7, 11) is 3.97. The SMILES string of the molecule is Cc1nc(N(C)C)cc(N2CCN(C(=O)CC3CC3)CC2)n1. The topological polar surface area (TPSA) is 52.6 Å². The molecule has 0 aromatic carbocycles. The molecule has 1 aromatic rings. The van der Waals surface area contributed by atoms with Gasteiger partial charge in [0.25, 0.3) is 0 Å². The van der Waals surface area contributed by atoms with E-state index >= 15 is 0 Å². The van der Waals surface area contributed by atoms with Crippen molar-refractivity contribution in [2.24, 2.45) is 5.92 Å². The van der Waals surface area contributed by atoms with Crippen LogP contribution in [0.4, 0.5) is 11.6 Å². The second kappa shape index (κ2) is 6.10. The fourth-order valence-corrected chi connectivity index (χ4v) is 2.81. The first-order valence-corrected chi connectivity index (χ1v) is 8.08. The van der Waals surface area contributed by atoms with Gasteiger partial charge in [0.05, 0.1) is 0 Å². The van der Waals surface area contributed by atoms with Gasteiger partial charge in [0.15, 0.2) is 0 Å². The normalized spacial score (nSPS) is 18.5. The fourth-order valence-electron chi connectivity index (χ4n) is 2.81. The number of aryl methyl sites for hydroxylation is 1. The van der Waals surface area contributed by atoms with Crippen molar-refractivity contribution in [3.05, 3.63) is 11.9 Å². The van der Waals surface area contributed by atoms with E-state index in [1.54, 1.807) is 0 Å². The van der Waals surface area contributed by atoms with E-state index in [2.05, 4.69) is 14.9 Å². The molecule has 0 unspecified atom stereocenters. The van der Waals surface area contributed by atoms with Gasteiger partial charge in [-0.1, -0.05) is 0 Å². The number of hydrogen-bond acceptors (Lipinski definition) is 5. The maximum Gasteiger partial charge on any atom is 0.222 e. The summed E-state index contributed by atoms with van der Waals surface area (Å²) in [5, 5.41) is 0. The van der Waals surface area contributed by atoms with Crippen LogP contribution in [0.2, 0.25) is 0 Å². The lowest BCUT2D eigenvalue weighted by Gasteiger charge is -2.35. The summed E-state index contributed by atoms with van der Waals surface area (Å²) >= 11 is 0. The molecule has 1 saturated heterocycles. The van der Waals surface area contributed by atoms with Crippen molar-refractivity contribution in [1.29, 1.82) is 0 Å². The van der Waals surface area contributed by atoms with Crippen LogP contribution in [0.15, 0.2) is 6.07 Å². The van der Waals surface area contributed by atoms with E-state index in [1.807, 2.05) is 36.9 Å². The molecular weight excluding hydrogens is 278 g/mol. The smallest absolute Gasteiger partial charge is 0.222 e. The van der Waals surface area contributed by atoms with E-state index in [-0.39, 0.29) is 0 Å². The van der Waals surface area contributed by atoms with Gasteiger partial charge in [-0.05, 0) is 25.7 Å². The van der Waals surface area contributed by atoms with Crippen molar-refractivity contribution in [2.45, 2.75) is 26.2 Å². The molecule has 1 aromatic heterocycles. The molecule has 1 aliphatic heterocycles. The molecule has 0 N–H and O–H groups in total. The van der Waals surface area contributed by atoms with Gasteiger partial charge >= 0.3 is 0 Å². The Hall–Kier alpha value is -1.85. The standard InChI is InChI=1S/C16H25N5O/c1-12-17-14(19(2)3)11-15(18-12)20-6-8-21(9-7-20)16(22)10-13-4-5-13/h11,13H,4-10H2,1-3H3. The number of carbonyl (C=O) groups is 1. The maximum atomic E-state index is 12.2. The third kappa shape index (κ3) is 3.48. The largest absolute Gasteiger partial charge is 0.363 e. The van der Waals surface area contributed by atoms with Gasteiger partial charge in [0.1, 0.15) is 17.5 Å². The predicted molar refractivity (Wildman–Crippen MR) is 87.2 cm³/mol. The number of hydrogen-bond donors (Lipinski definition) is 0. The van der Waals surface area contributed by atoms with E-state index < -0.39 is 0 Å². The minimum atomic E-state index is 0.329. The third-order valence-corrected chi connectivity index (χ3v) is 4.39. The second-order valence-corrected chi connectivity index (χ2v) is 6.54. The van der Waals surface area contributed by atoms with Gasteiger partial charge in [0.2, 0.25) is 5.91 Å². The van der Waals surface area contributed by atoms with Crippen molar-refractivity contribution < 1.29 is 4.79 Å². The first kappa shape index (κ1) is 15.1. The van der Waals surface area contributed by atoms with Gasteiger partial charge in [-0.15, -0.1) is 0 Å². The Balaban J connectivity index is 1.62. The number of amides is 1. The van der Waals surface area contributed by atoms with Crippen LogP contribution in [0.5, 0.6) is 0 Å². The summed E-state index contributed by atoms with van der Waals surface area (Å²) < 4.78 is 0. The highest BCUT2D eigenvalue weighted by atomic mass is 16.2. The lowest BCUT2D eigenvalue weighted by molar-refractivity contribution is -0.131. The Bertz CT molecular complexity index is 547. The highest BCUT2D eigenvalue weighted by Crippen LogP contribution is 2.33. The van der Waals surface area contributed by atoms with Gasteiger partial charge in [-0.25, -0.2) is 9.97 Å². The first-order chi connectivity index (χ1) is 10.5. The summed E-state index contributed by atoms with van der Waals surface area (Å²) in [5.41, 5.74) is 0. The van der Waals surface area contributed by atoms with Crippen molar-refractivity contribution in [1.82, 2.24) is 14.9 Å². The van der Waals surface area contributed by atoms with Crippen LogP contribution >= 0.6 is 0 Å². The number of anilines is 2. The minimum Gasteiger partial charge on any atom is -0.363 e. The molecule has 1 saturated carbocycles. The third-order valence-electron chi connectivity index (χ3n) is 4.39. The van der Waals surface area contributed by atoms with Crippen LogP contribution in [0, 0.1) is 12.8 Å². The van der Waals surface area contributed by atoms with Crippen LogP contribution < -0.4 is 9.80 Å². The molecule has 22 heavy (non-hydrogen) atoms. The van der Waals surface area contributed by atoms with Crippen molar-refractivity contribution in [2.75, 3.05) is 50.1 Å². The Kier molecular flexibility index (Phi) is 4.18. The van der Waals surface area contributed by atoms with Crippen molar-refractivity contribution >= 4 is 17.5 Å². The van der Waals surface area contributed by atoms with E-state index in [1.165, 1.54) is 12.8 Å². The zero-order chi connectivity index (χ0) is 15.7. The molecule has 6 nitrogen and oxygen atoms in total. The Labute approximate surface area is 132 Å². The molecule has 1 amide bonds. The van der Waals surface area contributed by atoms with E-state index in [0.717, 1.165) is 50.1 Å². The van der Waals surface area contributed by atoms with Crippen LogP contribution in [0.3, 0.4) is 0 Å². The second-order valence-electron chi connectivity index (χ2n) is 6.54. The zero-order valence-electron chi connectivity index (χ0n) is 13.7. The highest BCUT2D eigenvalue weighted by molar-refractivity contribution is 5.77. The number of piperazine rings is 1. The molecule has 2 fully saturated rings. The molecular formula is C16H25N5O. The van der Waals surface area contributed by atoms with Crippen LogP contribution in [-0.4, -0.2) is 61.0 Å². The average molecular weight is 303 g/mol. The monoisotopic (exact) mass is 303 g/mol. The molecule has 3 rings (SSSR count). The highest BCUT2D eigenvalue weighted by Gasteiger charge is 2.29. The quantitative estimate of drug-likeness (QED) is 0.839. The van der Waals surface area contributed by atoms with Gasteiger partial charge in [0, 0.05) is 52.8 Å². The Morgan fingerprint density at radius 3 is 2.50 bits per heavy atom. The van der Waals surface area contributed by atoms with Crippen LogP contribution in [0.25, 0.3) is 0 Å². The summed E-state index contributed by atoms with van der Waals surface area (Å²) in [6, 6.07) is 2.02. The number of rotatable bonds is 4. The molecule has 120 valence electrons. The predicted octanol–water partition coefficient (Wildman–Crippen LogP) is 1.30.